The lowest BCUT2D eigenvalue weighted by molar-refractivity contribution is -0.136. The van der Waals surface area contributed by atoms with Crippen LogP contribution in [0.3, 0.4) is 0 Å². The SMILES string of the molecule is NC(=O)c1[nH]c2ccc(Br)cc2c1S(=O)(=O)N1CCOC(C(=O)NCc2cccc3ccccc23)C1. The second-order valence-corrected chi connectivity index (χ2v) is 11.3. The van der Waals surface area contributed by atoms with E-state index in [9.17, 15) is 18.0 Å². The van der Waals surface area contributed by atoms with Gasteiger partial charge in [0.15, 0.2) is 0 Å². The number of benzene rings is 3. The minimum absolute atomic E-state index is 0.0313. The van der Waals surface area contributed by atoms with Gasteiger partial charge in [0.2, 0.25) is 10.0 Å². The number of nitrogens with zero attached hydrogens (tertiary/aromatic N) is 1. The minimum atomic E-state index is -4.18. The predicted octanol–water partition coefficient (Wildman–Crippen LogP) is 2.89. The first kappa shape index (κ1) is 24.4. The third-order valence-electron chi connectivity index (χ3n) is 6.21. The van der Waals surface area contributed by atoms with Gasteiger partial charge in [-0.2, -0.15) is 4.31 Å². The van der Waals surface area contributed by atoms with Gasteiger partial charge >= 0.3 is 0 Å². The highest BCUT2D eigenvalue weighted by Crippen LogP contribution is 2.32. The Labute approximate surface area is 215 Å². The molecule has 0 aliphatic carbocycles. The molecule has 1 fully saturated rings. The number of rotatable bonds is 6. The fourth-order valence-corrected chi connectivity index (χ4v) is 6.58. The lowest BCUT2D eigenvalue weighted by atomic mass is 10.0. The number of carbonyl (C=O) groups excluding carboxylic acids is 2. The Balaban J connectivity index is 1.38. The van der Waals surface area contributed by atoms with Crippen molar-refractivity contribution in [3.05, 3.63) is 76.4 Å². The highest BCUT2D eigenvalue weighted by atomic mass is 79.9. The average Bonchev–Trinajstić information content (AvgIpc) is 3.27. The van der Waals surface area contributed by atoms with Crippen molar-refractivity contribution in [2.24, 2.45) is 5.73 Å². The molecule has 1 aromatic heterocycles. The number of hydrogen-bond acceptors (Lipinski definition) is 5. The first-order valence-corrected chi connectivity index (χ1v) is 13.5. The number of ether oxygens (including phenoxy) is 1. The van der Waals surface area contributed by atoms with Crippen molar-refractivity contribution in [3.8, 4) is 0 Å². The maximum absolute atomic E-state index is 13.7. The number of aromatic amines is 1. The van der Waals surface area contributed by atoms with Crippen LogP contribution < -0.4 is 11.1 Å². The molecule has 1 saturated heterocycles. The topological polar surface area (TPSA) is 135 Å². The molecule has 4 N–H and O–H groups in total. The molecular formula is C25H23BrN4O5S. The quantitative estimate of drug-likeness (QED) is 0.327. The molecule has 1 unspecified atom stereocenters. The van der Waals surface area contributed by atoms with Crippen LogP contribution in [-0.2, 0) is 26.1 Å². The van der Waals surface area contributed by atoms with Crippen LogP contribution >= 0.6 is 15.9 Å². The number of hydrogen-bond donors (Lipinski definition) is 3. The average molecular weight is 571 g/mol. The maximum Gasteiger partial charge on any atom is 0.266 e. The molecule has 2 heterocycles. The minimum Gasteiger partial charge on any atom is -0.366 e. The number of sulfonamides is 1. The number of halogens is 1. The summed E-state index contributed by atoms with van der Waals surface area (Å²) in [6.45, 7) is 0.148. The molecule has 1 aliphatic heterocycles. The third kappa shape index (κ3) is 4.50. The van der Waals surface area contributed by atoms with Crippen molar-refractivity contribution in [1.82, 2.24) is 14.6 Å². The van der Waals surface area contributed by atoms with Crippen molar-refractivity contribution < 1.29 is 22.7 Å². The van der Waals surface area contributed by atoms with E-state index in [1.807, 2.05) is 42.5 Å². The van der Waals surface area contributed by atoms with E-state index < -0.39 is 27.9 Å². The number of nitrogens with two attached hydrogens (primary N) is 1. The van der Waals surface area contributed by atoms with Crippen LogP contribution in [0.25, 0.3) is 21.7 Å². The Bertz CT molecular complexity index is 1600. The van der Waals surface area contributed by atoms with E-state index in [2.05, 4.69) is 26.2 Å². The molecule has 11 heteroatoms. The maximum atomic E-state index is 13.7. The molecule has 1 aliphatic rings. The Morgan fingerprint density at radius 2 is 1.89 bits per heavy atom. The number of morpholine rings is 1. The fourth-order valence-electron chi connectivity index (χ4n) is 4.46. The Kier molecular flexibility index (Phi) is 6.56. The molecule has 0 bridgehead atoms. The molecule has 2 amide bonds. The highest BCUT2D eigenvalue weighted by molar-refractivity contribution is 9.10. The van der Waals surface area contributed by atoms with Crippen LogP contribution in [0, 0.1) is 0 Å². The molecule has 0 saturated carbocycles. The second-order valence-electron chi connectivity index (χ2n) is 8.46. The molecule has 3 aromatic carbocycles. The summed E-state index contributed by atoms with van der Waals surface area (Å²) in [6, 6.07) is 18.7. The van der Waals surface area contributed by atoms with E-state index in [1.165, 1.54) is 0 Å². The molecule has 9 nitrogen and oxygen atoms in total. The summed E-state index contributed by atoms with van der Waals surface area (Å²) >= 11 is 3.34. The molecule has 0 spiro atoms. The van der Waals surface area contributed by atoms with Crippen LogP contribution in [0.5, 0.6) is 0 Å². The molecule has 5 rings (SSSR count). The van der Waals surface area contributed by atoms with Gasteiger partial charge in [0.05, 0.1) is 6.61 Å². The lowest BCUT2D eigenvalue weighted by Gasteiger charge is -2.31. The molecular weight excluding hydrogens is 548 g/mol. The smallest absolute Gasteiger partial charge is 0.266 e. The van der Waals surface area contributed by atoms with Crippen molar-refractivity contribution in [1.29, 1.82) is 0 Å². The van der Waals surface area contributed by atoms with Crippen molar-refractivity contribution in [2.45, 2.75) is 17.5 Å². The van der Waals surface area contributed by atoms with Crippen molar-refractivity contribution >= 4 is 59.4 Å². The van der Waals surface area contributed by atoms with Crippen LogP contribution in [0.15, 0.2) is 70.0 Å². The Morgan fingerprint density at radius 3 is 2.69 bits per heavy atom. The number of aromatic nitrogens is 1. The number of fused-ring (bicyclic) bond motifs is 2. The summed E-state index contributed by atoms with van der Waals surface area (Å²) in [5, 5.41) is 5.28. The summed E-state index contributed by atoms with van der Waals surface area (Å²) in [5.74, 6) is -1.31. The molecule has 0 radical (unpaired) electrons. The number of nitrogens with one attached hydrogen (secondary N) is 2. The fraction of sp³-hybridized carbons (Fsp3) is 0.200. The molecule has 1 atom stereocenters. The number of carbonyl (C=O) groups is 2. The first-order chi connectivity index (χ1) is 17.3. The van der Waals surface area contributed by atoms with Crippen LogP contribution in [-0.4, -0.2) is 55.3 Å². The van der Waals surface area contributed by atoms with Gasteiger partial charge < -0.3 is 20.8 Å². The van der Waals surface area contributed by atoms with Crippen LogP contribution in [0.4, 0.5) is 0 Å². The normalized spacial score (nSPS) is 16.9. The zero-order chi connectivity index (χ0) is 25.4. The summed E-state index contributed by atoms with van der Waals surface area (Å²) in [4.78, 5) is 27.7. The predicted molar refractivity (Wildman–Crippen MR) is 139 cm³/mol. The van der Waals surface area contributed by atoms with E-state index in [4.69, 9.17) is 10.5 Å². The lowest BCUT2D eigenvalue weighted by Crippen LogP contribution is -2.51. The van der Waals surface area contributed by atoms with Gasteiger partial charge in [-0.15, -0.1) is 0 Å². The third-order valence-corrected chi connectivity index (χ3v) is 8.66. The van der Waals surface area contributed by atoms with E-state index in [-0.39, 0.29) is 36.8 Å². The first-order valence-electron chi connectivity index (χ1n) is 11.2. The van der Waals surface area contributed by atoms with Gasteiger partial charge in [-0.3, -0.25) is 9.59 Å². The summed E-state index contributed by atoms with van der Waals surface area (Å²) < 4.78 is 34.8. The molecule has 4 aromatic rings. The van der Waals surface area contributed by atoms with Gasteiger partial charge in [-0.25, -0.2) is 8.42 Å². The highest BCUT2D eigenvalue weighted by Gasteiger charge is 2.37. The van der Waals surface area contributed by atoms with Gasteiger partial charge in [0.1, 0.15) is 16.7 Å². The Hall–Kier alpha value is -3.25. The molecule has 36 heavy (non-hydrogen) atoms. The van der Waals surface area contributed by atoms with Gasteiger partial charge in [-0.05, 0) is 34.5 Å². The van der Waals surface area contributed by atoms with E-state index in [0.717, 1.165) is 20.6 Å². The van der Waals surface area contributed by atoms with E-state index in [1.54, 1.807) is 18.2 Å². The van der Waals surface area contributed by atoms with Crippen LogP contribution in [0.2, 0.25) is 0 Å². The standard InChI is InChI=1S/C25H23BrN4O5S/c26-17-8-9-20-19(12-17)23(22(29-20)24(27)31)36(33,34)30-10-11-35-21(14-30)25(32)28-13-16-6-3-5-15-4-1-2-7-18(15)16/h1-9,12,21,29H,10-11,13-14H2,(H2,27,31)(H,28,32). The second kappa shape index (κ2) is 9.66. The van der Waals surface area contributed by atoms with Gasteiger partial charge in [0, 0.05) is 35.0 Å². The monoisotopic (exact) mass is 570 g/mol. The summed E-state index contributed by atoms with van der Waals surface area (Å²) in [5.41, 5.74) is 6.70. The van der Waals surface area contributed by atoms with E-state index >= 15 is 0 Å². The summed E-state index contributed by atoms with van der Waals surface area (Å²) in [6.07, 6.45) is -1.00. The largest absolute Gasteiger partial charge is 0.366 e. The number of primary amides is 1. The number of amides is 2. The number of H-pyrrole nitrogens is 1. The van der Waals surface area contributed by atoms with Crippen LogP contribution in [0.1, 0.15) is 16.1 Å². The zero-order valence-electron chi connectivity index (χ0n) is 19.0. The zero-order valence-corrected chi connectivity index (χ0v) is 21.4. The van der Waals surface area contributed by atoms with E-state index in [0.29, 0.717) is 15.4 Å². The van der Waals surface area contributed by atoms with Gasteiger partial charge in [-0.1, -0.05) is 58.4 Å². The van der Waals surface area contributed by atoms with Crippen molar-refractivity contribution in [3.63, 3.8) is 0 Å². The van der Waals surface area contributed by atoms with Crippen molar-refractivity contribution in [2.75, 3.05) is 19.7 Å². The van der Waals surface area contributed by atoms with Gasteiger partial charge in [0.25, 0.3) is 11.8 Å². The summed E-state index contributed by atoms with van der Waals surface area (Å²) in [7, 11) is -4.18. The Morgan fingerprint density at radius 1 is 1.11 bits per heavy atom. The molecule has 186 valence electrons.